The van der Waals surface area contributed by atoms with Crippen molar-refractivity contribution < 1.29 is 26.4 Å². The van der Waals surface area contributed by atoms with Gasteiger partial charge in [-0.15, -0.1) is 0 Å². The molecule has 1 heterocycles. The molecule has 1 amide bonds. The summed E-state index contributed by atoms with van der Waals surface area (Å²) in [6.07, 6.45) is 3.53. The molecule has 2 aromatic carbocycles. The van der Waals surface area contributed by atoms with Crippen LogP contribution in [0.15, 0.2) is 41.3 Å². The molecule has 0 radical (unpaired) electrons. The van der Waals surface area contributed by atoms with Gasteiger partial charge in [-0.05, 0) is 55.7 Å². The maximum absolute atomic E-state index is 13.2. The number of sulfonamides is 2. The second kappa shape index (κ2) is 10.5. The van der Waals surface area contributed by atoms with Gasteiger partial charge in [-0.2, -0.15) is 4.31 Å². The molecule has 0 unspecified atom stereocenters. The molecule has 9 nitrogen and oxygen atoms in total. The summed E-state index contributed by atoms with van der Waals surface area (Å²) in [6, 6.07) is 8.98. The lowest BCUT2D eigenvalue weighted by Crippen LogP contribution is -2.37. The molecular weight excluding hydrogens is 502 g/mol. The molecular formula is C22H28ClN3O6S2. The van der Waals surface area contributed by atoms with E-state index in [2.05, 4.69) is 5.32 Å². The van der Waals surface area contributed by atoms with Crippen molar-refractivity contribution >= 4 is 48.9 Å². The minimum absolute atomic E-state index is 0.0556. The second-order valence-corrected chi connectivity index (χ2v) is 12.3. The van der Waals surface area contributed by atoms with Crippen LogP contribution in [0.25, 0.3) is 0 Å². The van der Waals surface area contributed by atoms with Gasteiger partial charge in [0, 0.05) is 23.8 Å². The van der Waals surface area contributed by atoms with E-state index in [-0.39, 0.29) is 22.0 Å². The number of nitrogens with one attached hydrogen (secondary N) is 1. The van der Waals surface area contributed by atoms with Crippen molar-refractivity contribution in [3.63, 3.8) is 0 Å². The Morgan fingerprint density at radius 1 is 1.09 bits per heavy atom. The summed E-state index contributed by atoms with van der Waals surface area (Å²) < 4.78 is 58.7. The Hall–Kier alpha value is -2.34. The molecule has 34 heavy (non-hydrogen) atoms. The number of methoxy groups -OCH3 is 1. The molecule has 0 bridgehead atoms. The van der Waals surface area contributed by atoms with Crippen LogP contribution < -0.4 is 14.4 Å². The largest absolute Gasteiger partial charge is 0.495 e. The third kappa shape index (κ3) is 6.01. The highest BCUT2D eigenvalue weighted by Crippen LogP contribution is 2.31. The minimum atomic E-state index is -3.83. The zero-order valence-electron chi connectivity index (χ0n) is 19.2. The lowest BCUT2D eigenvalue weighted by molar-refractivity contribution is -0.114. The van der Waals surface area contributed by atoms with Gasteiger partial charge in [-0.25, -0.2) is 16.8 Å². The smallest absolute Gasteiger partial charge is 0.246 e. The van der Waals surface area contributed by atoms with Gasteiger partial charge in [0.25, 0.3) is 0 Å². The lowest BCUT2D eigenvalue weighted by atomic mass is 10.2. The Balaban J connectivity index is 1.86. The molecule has 0 saturated carbocycles. The van der Waals surface area contributed by atoms with Gasteiger partial charge in [0.15, 0.2) is 0 Å². The molecule has 12 heteroatoms. The van der Waals surface area contributed by atoms with Crippen molar-refractivity contribution in [3.05, 3.63) is 47.0 Å². The van der Waals surface area contributed by atoms with Crippen LogP contribution in [-0.4, -0.2) is 60.0 Å². The second-order valence-electron chi connectivity index (χ2n) is 8.08. The molecule has 0 aromatic heterocycles. The first kappa shape index (κ1) is 26.3. The summed E-state index contributed by atoms with van der Waals surface area (Å²) in [4.78, 5) is 12.7. The maximum Gasteiger partial charge on any atom is 0.246 e. The molecule has 2 aromatic rings. The Kier molecular flexibility index (Phi) is 8.12. The fraction of sp³-hybridized carbons (Fsp3) is 0.409. The van der Waals surface area contributed by atoms with Crippen LogP contribution in [0.5, 0.6) is 5.75 Å². The van der Waals surface area contributed by atoms with Crippen LogP contribution in [0, 0.1) is 6.92 Å². The Morgan fingerprint density at radius 2 is 1.76 bits per heavy atom. The summed E-state index contributed by atoms with van der Waals surface area (Å²) in [5, 5.41) is 2.96. The van der Waals surface area contributed by atoms with Crippen molar-refractivity contribution in [2.75, 3.05) is 42.6 Å². The third-order valence-electron chi connectivity index (χ3n) is 5.51. The number of rotatable bonds is 8. The van der Waals surface area contributed by atoms with Crippen molar-refractivity contribution in [1.82, 2.24) is 4.31 Å². The number of anilines is 2. The molecule has 0 spiro atoms. The predicted octanol–water partition coefficient (Wildman–Crippen LogP) is 3.24. The Bertz CT molecular complexity index is 1280. The number of ether oxygens (including phenoxy) is 1. The van der Waals surface area contributed by atoms with Crippen LogP contribution in [-0.2, 0) is 24.8 Å². The van der Waals surface area contributed by atoms with E-state index >= 15 is 0 Å². The van der Waals surface area contributed by atoms with Crippen LogP contribution in [0.3, 0.4) is 0 Å². The molecule has 0 aliphatic carbocycles. The van der Waals surface area contributed by atoms with E-state index in [1.807, 2.05) is 0 Å². The number of hydrogen-bond donors (Lipinski definition) is 1. The number of carbonyl (C=O) groups excluding carboxylic acids is 1. The molecule has 3 rings (SSSR count). The van der Waals surface area contributed by atoms with Gasteiger partial charge in [-0.1, -0.05) is 24.1 Å². The van der Waals surface area contributed by atoms with E-state index in [0.717, 1.165) is 35.4 Å². The van der Waals surface area contributed by atoms with Gasteiger partial charge >= 0.3 is 0 Å². The minimum Gasteiger partial charge on any atom is -0.495 e. The number of benzene rings is 2. The van der Waals surface area contributed by atoms with E-state index in [9.17, 15) is 21.6 Å². The first-order valence-corrected chi connectivity index (χ1v) is 14.3. The molecule has 186 valence electrons. The van der Waals surface area contributed by atoms with Gasteiger partial charge in [0.05, 0.1) is 19.1 Å². The Labute approximate surface area is 205 Å². The van der Waals surface area contributed by atoms with E-state index in [0.29, 0.717) is 18.1 Å². The highest BCUT2D eigenvalue weighted by Gasteiger charge is 2.29. The molecule has 0 atom stereocenters. The number of hydrogen-bond acceptors (Lipinski definition) is 6. The topological polar surface area (TPSA) is 113 Å². The SMILES string of the molecule is COc1ccc(NC(=O)CN(c2ccc(C)c(Cl)c2)S(C)(=O)=O)cc1S(=O)(=O)N1CCCCC1. The van der Waals surface area contributed by atoms with E-state index in [4.69, 9.17) is 16.3 Å². The first-order chi connectivity index (χ1) is 15.9. The van der Waals surface area contributed by atoms with Gasteiger partial charge in [0.1, 0.15) is 17.2 Å². The quantitative estimate of drug-likeness (QED) is 0.561. The zero-order valence-corrected chi connectivity index (χ0v) is 21.6. The van der Waals surface area contributed by atoms with Crippen molar-refractivity contribution in [3.8, 4) is 5.75 Å². The lowest BCUT2D eigenvalue weighted by Gasteiger charge is -2.27. The number of nitrogens with zero attached hydrogens (tertiary/aromatic N) is 2. The van der Waals surface area contributed by atoms with E-state index in [1.54, 1.807) is 19.1 Å². The number of aryl methyl sites for hydroxylation is 1. The van der Waals surface area contributed by atoms with Gasteiger partial charge < -0.3 is 10.1 Å². The van der Waals surface area contributed by atoms with Crippen LogP contribution in [0.4, 0.5) is 11.4 Å². The van der Waals surface area contributed by atoms with E-state index in [1.165, 1.54) is 35.7 Å². The third-order valence-corrected chi connectivity index (χ3v) is 8.98. The number of piperidine rings is 1. The number of amides is 1. The monoisotopic (exact) mass is 529 g/mol. The van der Waals surface area contributed by atoms with Crippen molar-refractivity contribution in [2.24, 2.45) is 0 Å². The van der Waals surface area contributed by atoms with Crippen LogP contribution in [0.2, 0.25) is 5.02 Å². The summed E-state index contributed by atoms with van der Waals surface area (Å²) in [7, 11) is -6.25. The van der Waals surface area contributed by atoms with Gasteiger partial charge in [-0.3, -0.25) is 9.10 Å². The van der Waals surface area contributed by atoms with Crippen LogP contribution >= 0.6 is 11.6 Å². The molecule has 1 aliphatic heterocycles. The average molecular weight is 530 g/mol. The standard InChI is InChI=1S/C22H28ClN3O6S2/c1-16-7-9-18(14-19(16)23)26(33(3,28)29)15-22(27)24-17-8-10-20(32-2)21(13-17)34(30,31)25-11-5-4-6-12-25/h7-10,13-14H,4-6,11-12,15H2,1-3H3,(H,24,27). The zero-order chi connectivity index (χ0) is 25.1. The highest BCUT2D eigenvalue weighted by atomic mass is 35.5. The van der Waals surface area contributed by atoms with Crippen molar-refractivity contribution in [1.29, 1.82) is 0 Å². The maximum atomic E-state index is 13.2. The van der Waals surface area contributed by atoms with Crippen molar-refractivity contribution in [2.45, 2.75) is 31.1 Å². The molecule has 1 saturated heterocycles. The normalized spacial score (nSPS) is 15.1. The molecule has 1 N–H and O–H groups in total. The Morgan fingerprint density at radius 3 is 2.35 bits per heavy atom. The highest BCUT2D eigenvalue weighted by molar-refractivity contribution is 7.92. The first-order valence-electron chi connectivity index (χ1n) is 10.7. The number of halogens is 1. The van der Waals surface area contributed by atoms with Crippen LogP contribution in [0.1, 0.15) is 24.8 Å². The summed E-state index contributed by atoms with van der Waals surface area (Å²) >= 11 is 6.13. The summed E-state index contributed by atoms with van der Waals surface area (Å²) in [5.74, 6) is -0.482. The molecule has 1 fully saturated rings. The predicted molar refractivity (Wildman–Crippen MR) is 133 cm³/mol. The fourth-order valence-corrected chi connectivity index (χ4v) is 6.39. The fourth-order valence-electron chi connectivity index (χ4n) is 3.67. The summed E-state index contributed by atoms with van der Waals surface area (Å²) in [6.45, 7) is 2.11. The average Bonchev–Trinajstić information content (AvgIpc) is 2.79. The molecule has 1 aliphatic rings. The summed E-state index contributed by atoms with van der Waals surface area (Å²) in [5.41, 5.74) is 1.22. The number of carbonyl (C=O) groups is 1. The van der Waals surface area contributed by atoms with Gasteiger partial charge in [0.2, 0.25) is 26.0 Å². The van der Waals surface area contributed by atoms with E-state index < -0.39 is 32.5 Å².